The summed E-state index contributed by atoms with van der Waals surface area (Å²) >= 11 is 0. The highest BCUT2D eigenvalue weighted by molar-refractivity contribution is 5.78. The number of hydrogen-bond acceptors (Lipinski definition) is 3. The molecule has 5 heteroatoms. The lowest BCUT2D eigenvalue weighted by atomic mass is 10.1. The molecule has 0 atom stereocenters. The molecule has 18 heavy (non-hydrogen) atoms. The van der Waals surface area contributed by atoms with E-state index < -0.39 is 0 Å². The number of hydrogen-bond donors (Lipinski definition) is 2. The van der Waals surface area contributed by atoms with Crippen molar-refractivity contribution in [1.82, 2.24) is 15.1 Å². The maximum Gasteiger partial charge on any atom is 0.227 e. The average molecular weight is 245 g/mol. The van der Waals surface area contributed by atoms with Gasteiger partial charge in [-0.2, -0.15) is 5.10 Å². The number of nitrogens with one attached hydrogen (secondary N) is 1. The maximum absolute atomic E-state index is 12.0. The number of H-pyrrole nitrogens is 1. The highest BCUT2D eigenvalue weighted by Crippen LogP contribution is 2.12. The summed E-state index contributed by atoms with van der Waals surface area (Å²) in [7, 11) is 1.75. The Bertz CT molecular complexity index is 523. The van der Waals surface area contributed by atoms with Gasteiger partial charge in [0.15, 0.2) is 0 Å². The minimum absolute atomic E-state index is 0.00167. The number of aromatic hydroxyl groups is 1. The fraction of sp³-hybridized carbons (Fsp3) is 0.231. The number of nitrogens with zero attached hydrogens (tertiary/aromatic N) is 2. The first-order valence-electron chi connectivity index (χ1n) is 5.64. The van der Waals surface area contributed by atoms with Crippen molar-refractivity contribution in [2.45, 2.75) is 13.0 Å². The van der Waals surface area contributed by atoms with Gasteiger partial charge in [-0.05, 0) is 17.7 Å². The van der Waals surface area contributed by atoms with Crippen LogP contribution in [0.5, 0.6) is 5.75 Å². The predicted octanol–water partition coefficient (Wildman–Crippen LogP) is 1.32. The molecule has 1 aromatic carbocycles. The second kappa shape index (κ2) is 5.35. The van der Waals surface area contributed by atoms with E-state index in [1.807, 2.05) is 6.07 Å². The number of carbonyl (C=O) groups is 1. The molecule has 0 unspecified atom stereocenters. The SMILES string of the molecule is CN(Cc1cn[nH]c1)C(=O)Cc1cccc(O)c1. The van der Waals surface area contributed by atoms with Crippen molar-refractivity contribution in [2.24, 2.45) is 0 Å². The van der Waals surface area contributed by atoms with Crippen molar-refractivity contribution in [1.29, 1.82) is 0 Å². The van der Waals surface area contributed by atoms with Crippen LogP contribution in [0.4, 0.5) is 0 Å². The first-order valence-corrected chi connectivity index (χ1v) is 5.64. The zero-order chi connectivity index (χ0) is 13.0. The van der Waals surface area contributed by atoms with Crippen molar-refractivity contribution >= 4 is 5.91 Å². The van der Waals surface area contributed by atoms with E-state index >= 15 is 0 Å². The molecule has 0 radical (unpaired) electrons. The highest BCUT2D eigenvalue weighted by atomic mass is 16.3. The van der Waals surface area contributed by atoms with Gasteiger partial charge in [-0.1, -0.05) is 12.1 Å². The zero-order valence-corrected chi connectivity index (χ0v) is 10.1. The summed E-state index contributed by atoms with van der Waals surface area (Å²) < 4.78 is 0. The van der Waals surface area contributed by atoms with Crippen LogP contribution >= 0.6 is 0 Å². The van der Waals surface area contributed by atoms with Gasteiger partial charge in [0, 0.05) is 25.4 Å². The number of aromatic amines is 1. The second-order valence-corrected chi connectivity index (χ2v) is 4.20. The summed E-state index contributed by atoms with van der Waals surface area (Å²) in [5.74, 6) is 0.180. The lowest BCUT2D eigenvalue weighted by Gasteiger charge is -2.16. The summed E-state index contributed by atoms with van der Waals surface area (Å²) in [6, 6.07) is 6.74. The molecule has 1 amide bonds. The molecule has 0 spiro atoms. The molecule has 0 saturated heterocycles. The molecule has 0 bridgehead atoms. The smallest absolute Gasteiger partial charge is 0.227 e. The van der Waals surface area contributed by atoms with Gasteiger partial charge in [0.25, 0.3) is 0 Å². The standard InChI is InChI=1S/C13H15N3O2/c1-16(9-11-7-14-15-8-11)13(18)6-10-3-2-4-12(17)5-10/h2-5,7-8,17H,6,9H2,1H3,(H,14,15). The maximum atomic E-state index is 12.0. The van der Waals surface area contributed by atoms with Crippen LogP contribution < -0.4 is 0 Å². The summed E-state index contributed by atoms with van der Waals surface area (Å²) in [5, 5.41) is 15.9. The topological polar surface area (TPSA) is 69.2 Å². The van der Waals surface area contributed by atoms with Gasteiger partial charge >= 0.3 is 0 Å². The minimum Gasteiger partial charge on any atom is -0.508 e. The molecule has 0 aliphatic heterocycles. The van der Waals surface area contributed by atoms with Gasteiger partial charge in [-0.15, -0.1) is 0 Å². The van der Waals surface area contributed by atoms with E-state index in [9.17, 15) is 9.90 Å². The van der Waals surface area contributed by atoms with E-state index in [1.54, 1.807) is 42.5 Å². The van der Waals surface area contributed by atoms with Gasteiger partial charge in [-0.3, -0.25) is 9.89 Å². The Kier molecular flexibility index (Phi) is 3.62. The van der Waals surface area contributed by atoms with Crippen LogP contribution in [-0.2, 0) is 17.8 Å². The van der Waals surface area contributed by atoms with Crippen molar-refractivity contribution in [3.8, 4) is 5.75 Å². The van der Waals surface area contributed by atoms with Gasteiger partial charge in [0.1, 0.15) is 5.75 Å². The summed E-state index contributed by atoms with van der Waals surface area (Å²) in [6.07, 6.45) is 3.74. The molecule has 2 N–H and O–H groups in total. The Balaban J connectivity index is 1.95. The van der Waals surface area contributed by atoms with E-state index in [0.29, 0.717) is 6.54 Å². The fourth-order valence-electron chi connectivity index (χ4n) is 1.70. The molecule has 94 valence electrons. The number of rotatable bonds is 4. The lowest BCUT2D eigenvalue weighted by Crippen LogP contribution is -2.27. The molecule has 2 rings (SSSR count). The van der Waals surface area contributed by atoms with Crippen LogP contribution in [0.2, 0.25) is 0 Å². The van der Waals surface area contributed by atoms with Gasteiger partial charge in [-0.25, -0.2) is 0 Å². The number of likely N-dealkylation sites (N-methyl/N-ethyl adjacent to an activating group) is 1. The first kappa shape index (κ1) is 12.2. The number of phenolic OH excluding ortho intramolecular Hbond substituents is 1. The molecule has 2 aromatic rings. The third kappa shape index (κ3) is 3.10. The summed E-state index contributed by atoms with van der Waals surface area (Å²) in [6.45, 7) is 0.522. The van der Waals surface area contributed by atoms with E-state index in [0.717, 1.165) is 11.1 Å². The third-order valence-corrected chi connectivity index (χ3v) is 2.67. The molecular weight excluding hydrogens is 230 g/mol. The number of aromatic nitrogens is 2. The van der Waals surface area contributed by atoms with Crippen LogP contribution in [0.1, 0.15) is 11.1 Å². The minimum atomic E-state index is 0.00167. The van der Waals surface area contributed by atoms with Gasteiger partial charge in [0.2, 0.25) is 5.91 Å². The van der Waals surface area contributed by atoms with Crippen molar-refractivity contribution in [3.63, 3.8) is 0 Å². The van der Waals surface area contributed by atoms with Crippen molar-refractivity contribution in [3.05, 3.63) is 47.8 Å². The molecule has 0 aliphatic rings. The Morgan fingerprint density at radius 1 is 1.44 bits per heavy atom. The van der Waals surface area contributed by atoms with Crippen molar-refractivity contribution < 1.29 is 9.90 Å². The van der Waals surface area contributed by atoms with E-state index in [1.165, 1.54) is 0 Å². The number of benzene rings is 1. The third-order valence-electron chi connectivity index (χ3n) is 2.67. The Morgan fingerprint density at radius 2 is 2.28 bits per heavy atom. The van der Waals surface area contributed by atoms with Gasteiger partial charge < -0.3 is 10.0 Å². The molecule has 5 nitrogen and oxygen atoms in total. The van der Waals surface area contributed by atoms with Crippen LogP contribution in [-0.4, -0.2) is 33.2 Å². The molecular formula is C13H15N3O2. The van der Waals surface area contributed by atoms with Crippen LogP contribution in [0.15, 0.2) is 36.7 Å². The zero-order valence-electron chi connectivity index (χ0n) is 10.1. The molecule has 0 fully saturated rings. The van der Waals surface area contributed by atoms with Gasteiger partial charge in [0.05, 0.1) is 12.6 Å². The van der Waals surface area contributed by atoms with E-state index in [4.69, 9.17) is 0 Å². The molecule has 1 aromatic heterocycles. The van der Waals surface area contributed by atoms with E-state index in [-0.39, 0.29) is 18.1 Å². The molecule has 0 aliphatic carbocycles. The summed E-state index contributed by atoms with van der Waals surface area (Å²) in [5.41, 5.74) is 1.76. The predicted molar refractivity (Wildman–Crippen MR) is 66.9 cm³/mol. The van der Waals surface area contributed by atoms with E-state index in [2.05, 4.69) is 10.2 Å². The normalized spacial score (nSPS) is 10.3. The fourth-order valence-corrected chi connectivity index (χ4v) is 1.70. The lowest BCUT2D eigenvalue weighted by molar-refractivity contribution is -0.129. The highest BCUT2D eigenvalue weighted by Gasteiger charge is 2.10. The number of carbonyl (C=O) groups excluding carboxylic acids is 1. The average Bonchev–Trinajstić information content (AvgIpc) is 2.81. The Morgan fingerprint density at radius 3 is 2.94 bits per heavy atom. The van der Waals surface area contributed by atoms with Crippen LogP contribution in [0.25, 0.3) is 0 Å². The Hall–Kier alpha value is -2.30. The van der Waals surface area contributed by atoms with Crippen LogP contribution in [0.3, 0.4) is 0 Å². The molecule has 0 saturated carbocycles. The first-order chi connectivity index (χ1) is 8.65. The largest absolute Gasteiger partial charge is 0.508 e. The Labute approximate surface area is 105 Å². The molecule has 1 heterocycles. The monoisotopic (exact) mass is 245 g/mol. The van der Waals surface area contributed by atoms with Crippen LogP contribution in [0, 0.1) is 0 Å². The number of amides is 1. The second-order valence-electron chi connectivity index (χ2n) is 4.20. The van der Waals surface area contributed by atoms with Crippen molar-refractivity contribution in [2.75, 3.05) is 7.05 Å². The summed E-state index contributed by atoms with van der Waals surface area (Å²) in [4.78, 5) is 13.6. The quantitative estimate of drug-likeness (QED) is 0.853. The number of phenols is 1.